The average molecular weight is 210 g/mol. The van der Waals surface area contributed by atoms with E-state index < -0.39 is 17.8 Å². The molecule has 0 radical (unpaired) electrons. The second-order valence-electron chi connectivity index (χ2n) is 3.52. The fourth-order valence-corrected chi connectivity index (χ4v) is 1.36. The molecule has 1 amide bonds. The van der Waals surface area contributed by atoms with Gasteiger partial charge in [-0.25, -0.2) is 0 Å². The van der Waals surface area contributed by atoms with Gasteiger partial charge >= 0.3 is 5.97 Å². The summed E-state index contributed by atoms with van der Waals surface area (Å²) in [5, 5.41) is 17.4. The van der Waals surface area contributed by atoms with E-state index in [0.717, 1.165) is 0 Å². The van der Waals surface area contributed by atoms with Gasteiger partial charge in [-0.3, -0.25) is 20.0 Å². The number of aromatic amines is 1. The lowest BCUT2D eigenvalue weighted by Crippen LogP contribution is -2.17. The SMILES string of the molecule is Cc1nc(NC(=O)[C@@H]2C[C@@H]2C(=O)O)n[nH]1. The van der Waals surface area contributed by atoms with Crippen molar-refractivity contribution in [2.75, 3.05) is 5.32 Å². The molecule has 1 aliphatic rings. The van der Waals surface area contributed by atoms with Crippen molar-refractivity contribution in [3.63, 3.8) is 0 Å². The molecule has 1 aromatic rings. The Morgan fingerprint density at radius 3 is 2.73 bits per heavy atom. The molecule has 2 rings (SSSR count). The van der Waals surface area contributed by atoms with E-state index in [1.54, 1.807) is 6.92 Å². The van der Waals surface area contributed by atoms with Gasteiger partial charge in [-0.15, -0.1) is 5.10 Å². The first kappa shape index (κ1) is 9.63. The number of carboxylic acid groups (broad SMARTS) is 1. The molecule has 1 aliphatic carbocycles. The van der Waals surface area contributed by atoms with Crippen LogP contribution in [0.2, 0.25) is 0 Å². The van der Waals surface area contributed by atoms with Crippen molar-refractivity contribution in [3.8, 4) is 0 Å². The third-order valence-electron chi connectivity index (χ3n) is 2.28. The predicted octanol–water partition coefficient (Wildman–Crippen LogP) is -0.228. The minimum Gasteiger partial charge on any atom is -0.481 e. The third kappa shape index (κ3) is 1.95. The Labute approximate surface area is 84.9 Å². The van der Waals surface area contributed by atoms with Gasteiger partial charge in [0.15, 0.2) is 0 Å². The van der Waals surface area contributed by atoms with E-state index in [-0.39, 0.29) is 11.9 Å². The fraction of sp³-hybridized carbons (Fsp3) is 0.500. The number of anilines is 1. The molecule has 0 aliphatic heterocycles. The molecule has 0 spiro atoms. The number of aryl methyl sites for hydroxylation is 1. The number of carboxylic acids is 1. The second kappa shape index (κ2) is 3.34. The maximum absolute atomic E-state index is 11.4. The van der Waals surface area contributed by atoms with E-state index >= 15 is 0 Å². The van der Waals surface area contributed by atoms with Gasteiger partial charge in [0.2, 0.25) is 11.9 Å². The van der Waals surface area contributed by atoms with Gasteiger partial charge in [-0.1, -0.05) is 0 Å². The Bertz CT molecular complexity index is 414. The summed E-state index contributed by atoms with van der Waals surface area (Å²) in [6, 6.07) is 0. The number of aliphatic carboxylic acids is 1. The summed E-state index contributed by atoms with van der Waals surface area (Å²) in [5.74, 6) is -1.47. The van der Waals surface area contributed by atoms with Crippen molar-refractivity contribution in [3.05, 3.63) is 5.82 Å². The third-order valence-corrected chi connectivity index (χ3v) is 2.28. The fourth-order valence-electron chi connectivity index (χ4n) is 1.36. The zero-order valence-corrected chi connectivity index (χ0v) is 8.02. The van der Waals surface area contributed by atoms with Crippen molar-refractivity contribution >= 4 is 17.8 Å². The Hall–Kier alpha value is -1.92. The van der Waals surface area contributed by atoms with Crippen LogP contribution in [-0.2, 0) is 9.59 Å². The number of nitrogens with zero attached hydrogens (tertiary/aromatic N) is 2. The highest BCUT2D eigenvalue weighted by Gasteiger charge is 2.48. The highest BCUT2D eigenvalue weighted by molar-refractivity contribution is 5.97. The highest BCUT2D eigenvalue weighted by Crippen LogP contribution is 2.39. The molecule has 1 fully saturated rings. The number of carbonyl (C=O) groups is 2. The smallest absolute Gasteiger partial charge is 0.307 e. The Balaban J connectivity index is 1.92. The lowest BCUT2D eigenvalue weighted by molar-refractivity contribution is -0.139. The summed E-state index contributed by atoms with van der Waals surface area (Å²) >= 11 is 0. The zero-order valence-electron chi connectivity index (χ0n) is 8.02. The van der Waals surface area contributed by atoms with Crippen LogP contribution in [-0.4, -0.2) is 32.2 Å². The van der Waals surface area contributed by atoms with Crippen LogP contribution in [0.4, 0.5) is 5.95 Å². The minimum absolute atomic E-state index is 0.188. The molecule has 80 valence electrons. The van der Waals surface area contributed by atoms with Gasteiger partial charge in [0.1, 0.15) is 5.82 Å². The van der Waals surface area contributed by atoms with Crippen LogP contribution in [0.3, 0.4) is 0 Å². The second-order valence-corrected chi connectivity index (χ2v) is 3.52. The van der Waals surface area contributed by atoms with E-state index in [4.69, 9.17) is 5.11 Å². The normalized spacial score (nSPS) is 23.5. The summed E-state index contributed by atoms with van der Waals surface area (Å²) in [6.45, 7) is 1.71. The summed E-state index contributed by atoms with van der Waals surface area (Å²) < 4.78 is 0. The molecule has 2 atom stereocenters. The first-order valence-electron chi connectivity index (χ1n) is 4.50. The maximum atomic E-state index is 11.4. The summed E-state index contributed by atoms with van der Waals surface area (Å²) in [7, 11) is 0. The van der Waals surface area contributed by atoms with Gasteiger partial charge in [0.25, 0.3) is 0 Å². The minimum atomic E-state index is -0.929. The number of aromatic nitrogens is 3. The van der Waals surface area contributed by atoms with Gasteiger partial charge in [-0.05, 0) is 13.3 Å². The predicted molar refractivity (Wildman–Crippen MR) is 49.0 cm³/mol. The van der Waals surface area contributed by atoms with Crippen LogP contribution in [0.15, 0.2) is 0 Å². The van der Waals surface area contributed by atoms with Crippen molar-refractivity contribution in [2.45, 2.75) is 13.3 Å². The topological polar surface area (TPSA) is 108 Å². The summed E-state index contributed by atoms with van der Waals surface area (Å²) in [5.41, 5.74) is 0. The van der Waals surface area contributed by atoms with Crippen LogP contribution >= 0.6 is 0 Å². The standard InChI is InChI=1S/C8H10N4O3/c1-3-9-8(12-11-3)10-6(13)4-2-5(4)7(14)15/h4-5H,2H2,1H3,(H,14,15)(H2,9,10,11,12,13)/t4-,5+/m1/s1. The number of H-pyrrole nitrogens is 1. The molecule has 1 aromatic heterocycles. The van der Waals surface area contributed by atoms with Crippen LogP contribution in [0.5, 0.6) is 0 Å². The molecule has 0 aromatic carbocycles. The Morgan fingerprint density at radius 1 is 1.53 bits per heavy atom. The monoisotopic (exact) mass is 210 g/mol. The van der Waals surface area contributed by atoms with E-state index in [0.29, 0.717) is 12.2 Å². The summed E-state index contributed by atoms with van der Waals surface area (Å²) in [6.07, 6.45) is 0.393. The van der Waals surface area contributed by atoms with E-state index in [1.807, 2.05) is 0 Å². The number of hydrogen-bond acceptors (Lipinski definition) is 4. The molecule has 1 heterocycles. The molecule has 1 saturated carbocycles. The molecule has 7 heteroatoms. The van der Waals surface area contributed by atoms with Crippen LogP contribution in [0, 0.1) is 18.8 Å². The van der Waals surface area contributed by atoms with Gasteiger partial charge in [0.05, 0.1) is 11.8 Å². The number of rotatable bonds is 3. The van der Waals surface area contributed by atoms with Crippen molar-refractivity contribution in [2.24, 2.45) is 11.8 Å². The number of hydrogen-bond donors (Lipinski definition) is 3. The molecule has 7 nitrogen and oxygen atoms in total. The van der Waals surface area contributed by atoms with Crippen molar-refractivity contribution in [1.82, 2.24) is 15.2 Å². The first-order valence-corrected chi connectivity index (χ1v) is 4.50. The quantitative estimate of drug-likeness (QED) is 0.638. The van der Waals surface area contributed by atoms with E-state index in [1.165, 1.54) is 0 Å². The molecule has 0 bridgehead atoms. The lowest BCUT2D eigenvalue weighted by Gasteiger charge is -1.97. The Kier molecular flexibility index (Phi) is 2.14. The summed E-state index contributed by atoms with van der Waals surface area (Å²) in [4.78, 5) is 25.8. The molecule has 3 N–H and O–H groups in total. The number of amides is 1. The van der Waals surface area contributed by atoms with E-state index in [2.05, 4.69) is 20.5 Å². The zero-order chi connectivity index (χ0) is 11.0. The first-order chi connectivity index (χ1) is 7.08. The van der Waals surface area contributed by atoms with Gasteiger partial charge < -0.3 is 5.11 Å². The number of carbonyl (C=O) groups excluding carboxylic acids is 1. The van der Waals surface area contributed by atoms with Crippen molar-refractivity contribution in [1.29, 1.82) is 0 Å². The van der Waals surface area contributed by atoms with Gasteiger partial charge in [-0.2, -0.15) is 4.98 Å². The molecule has 0 saturated heterocycles. The molecular formula is C8H10N4O3. The van der Waals surface area contributed by atoms with Crippen LogP contribution < -0.4 is 5.32 Å². The Morgan fingerprint density at radius 2 is 2.27 bits per heavy atom. The molecule has 0 unspecified atom stereocenters. The van der Waals surface area contributed by atoms with Crippen LogP contribution in [0.1, 0.15) is 12.2 Å². The number of nitrogens with one attached hydrogen (secondary N) is 2. The lowest BCUT2D eigenvalue weighted by atomic mass is 10.3. The largest absolute Gasteiger partial charge is 0.481 e. The average Bonchev–Trinajstić information content (AvgIpc) is 2.86. The maximum Gasteiger partial charge on any atom is 0.307 e. The van der Waals surface area contributed by atoms with Crippen LogP contribution in [0.25, 0.3) is 0 Å². The van der Waals surface area contributed by atoms with E-state index in [9.17, 15) is 9.59 Å². The molecule has 15 heavy (non-hydrogen) atoms. The molecular weight excluding hydrogens is 200 g/mol. The highest BCUT2D eigenvalue weighted by atomic mass is 16.4. The van der Waals surface area contributed by atoms with Crippen molar-refractivity contribution < 1.29 is 14.7 Å². The van der Waals surface area contributed by atoms with Gasteiger partial charge in [0, 0.05) is 0 Å².